The predicted octanol–water partition coefficient (Wildman–Crippen LogP) is 2.97. The Kier molecular flexibility index (Phi) is 3.99. The predicted molar refractivity (Wildman–Crippen MR) is 81.5 cm³/mol. The van der Waals surface area contributed by atoms with E-state index < -0.39 is 0 Å². The molecule has 1 N–H and O–H groups in total. The number of nitrogens with zero attached hydrogens (tertiary/aromatic N) is 2. The number of likely N-dealkylation sites (tertiary alicyclic amines) is 1. The van der Waals surface area contributed by atoms with Crippen molar-refractivity contribution in [2.24, 2.45) is 0 Å². The first kappa shape index (κ1) is 13.5. The van der Waals surface area contributed by atoms with Gasteiger partial charge in [0.2, 0.25) is 0 Å². The zero-order chi connectivity index (χ0) is 13.9. The maximum absolute atomic E-state index is 9.57. The van der Waals surface area contributed by atoms with E-state index >= 15 is 0 Å². The van der Waals surface area contributed by atoms with Gasteiger partial charge in [-0.1, -0.05) is 30.7 Å². The molecule has 0 radical (unpaired) electrons. The third kappa shape index (κ3) is 2.69. The molecule has 0 spiro atoms. The summed E-state index contributed by atoms with van der Waals surface area (Å²) in [6, 6.07) is 13.3. The molecule has 1 aliphatic rings. The molecule has 2 unspecified atom stereocenters. The van der Waals surface area contributed by atoms with Crippen LogP contribution in [-0.4, -0.2) is 33.7 Å². The van der Waals surface area contributed by atoms with Crippen molar-refractivity contribution in [1.29, 1.82) is 0 Å². The van der Waals surface area contributed by atoms with Gasteiger partial charge >= 0.3 is 0 Å². The van der Waals surface area contributed by atoms with Gasteiger partial charge in [0.05, 0.1) is 17.8 Å². The lowest BCUT2D eigenvalue weighted by atomic mass is 9.96. The number of fused-ring (bicyclic) bond motifs is 1. The second kappa shape index (κ2) is 5.90. The largest absolute Gasteiger partial charge is 0.395 e. The molecule has 2 aromatic rings. The summed E-state index contributed by atoms with van der Waals surface area (Å²) >= 11 is 0. The number of para-hydroxylation sites is 1. The summed E-state index contributed by atoms with van der Waals surface area (Å²) in [4.78, 5) is 7.15. The molecule has 0 amide bonds. The molecule has 1 fully saturated rings. The van der Waals surface area contributed by atoms with Gasteiger partial charge in [-0.3, -0.25) is 9.88 Å². The highest BCUT2D eigenvalue weighted by Gasteiger charge is 2.27. The number of benzene rings is 1. The molecule has 3 heteroatoms. The molecule has 1 aromatic heterocycles. The molecule has 3 nitrogen and oxygen atoms in total. The van der Waals surface area contributed by atoms with Crippen LogP contribution in [0.5, 0.6) is 0 Å². The first-order valence-corrected chi connectivity index (χ1v) is 7.49. The topological polar surface area (TPSA) is 36.4 Å². The second-order valence-electron chi connectivity index (χ2n) is 5.78. The van der Waals surface area contributed by atoms with E-state index in [2.05, 4.69) is 36.1 Å². The average Bonchev–Trinajstić information content (AvgIpc) is 2.49. The molecular formula is C17H22N2O. The van der Waals surface area contributed by atoms with E-state index in [-0.39, 0.29) is 12.6 Å². The van der Waals surface area contributed by atoms with E-state index in [0.717, 1.165) is 24.2 Å². The number of aromatic nitrogens is 1. The summed E-state index contributed by atoms with van der Waals surface area (Å²) in [6.45, 7) is 3.33. The average molecular weight is 270 g/mol. The molecule has 1 aliphatic heterocycles. The Hall–Kier alpha value is -1.45. The SMILES string of the molecule is CC1CCCC(CO)N1Cc1ccc2ccccc2n1. The van der Waals surface area contributed by atoms with Crippen LogP contribution in [0.3, 0.4) is 0 Å². The minimum absolute atomic E-state index is 0.248. The van der Waals surface area contributed by atoms with Crippen molar-refractivity contribution in [1.82, 2.24) is 9.88 Å². The molecule has 0 aliphatic carbocycles. The lowest BCUT2D eigenvalue weighted by Gasteiger charge is -2.39. The van der Waals surface area contributed by atoms with Gasteiger partial charge < -0.3 is 5.11 Å². The van der Waals surface area contributed by atoms with Gasteiger partial charge in [0.15, 0.2) is 0 Å². The maximum Gasteiger partial charge on any atom is 0.0705 e. The third-order valence-electron chi connectivity index (χ3n) is 4.41. The molecule has 1 aromatic carbocycles. The Labute approximate surface area is 120 Å². The van der Waals surface area contributed by atoms with Crippen LogP contribution in [0.2, 0.25) is 0 Å². The van der Waals surface area contributed by atoms with Crippen LogP contribution in [-0.2, 0) is 6.54 Å². The number of pyridine rings is 1. The lowest BCUT2D eigenvalue weighted by molar-refractivity contribution is 0.0443. The number of hydrogen-bond acceptors (Lipinski definition) is 3. The molecule has 3 rings (SSSR count). The van der Waals surface area contributed by atoms with E-state index in [1.165, 1.54) is 18.2 Å². The smallest absolute Gasteiger partial charge is 0.0705 e. The van der Waals surface area contributed by atoms with Crippen LogP contribution in [0.15, 0.2) is 36.4 Å². The van der Waals surface area contributed by atoms with Crippen LogP contribution in [0.4, 0.5) is 0 Å². The molecule has 2 atom stereocenters. The molecule has 0 bridgehead atoms. The van der Waals surface area contributed by atoms with Gasteiger partial charge in [0.1, 0.15) is 0 Å². The lowest BCUT2D eigenvalue weighted by Crippen LogP contribution is -2.46. The van der Waals surface area contributed by atoms with Crippen molar-refractivity contribution in [3.63, 3.8) is 0 Å². The molecule has 20 heavy (non-hydrogen) atoms. The van der Waals surface area contributed by atoms with Gasteiger partial charge in [0.25, 0.3) is 0 Å². The fraction of sp³-hybridized carbons (Fsp3) is 0.471. The van der Waals surface area contributed by atoms with Crippen LogP contribution in [0.25, 0.3) is 10.9 Å². The summed E-state index contributed by atoms with van der Waals surface area (Å²) in [5.41, 5.74) is 2.14. The first-order chi connectivity index (χ1) is 9.78. The Morgan fingerprint density at radius 3 is 2.90 bits per heavy atom. The van der Waals surface area contributed by atoms with Gasteiger partial charge in [-0.2, -0.15) is 0 Å². The fourth-order valence-corrected chi connectivity index (χ4v) is 3.20. The molecular weight excluding hydrogens is 248 g/mol. The minimum atomic E-state index is 0.248. The Morgan fingerprint density at radius 1 is 1.20 bits per heavy atom. The van der Waals surface area contributed by atoms with Gasteiger partial charge in [-0.05, 0) is 31.9 Å². The number of piperidine rings is 1. The van der Waals surface area contributed by atoms with E-state index in [1.54, 1.807) is 0 Å². The Morgan fingerprint density at radius 2 is 2.05 bits per heavy atom. The normalized spacial score (nSPS) is 24.1. The third-order valence-corrected chi connectivity index (χ3v) is 4.41. The van der Waals surface area contributed by atoms with Gasteiger partial charge in [-0.25, -0.2) is 0 Å². The highest BCUT2D eigenvalue weighted by Crippen LogP contribution is 2.24. The first-order valence-electron chi connectivity index (χ1n) is 7.49. The summed E-state index contributed by atoms with van der Waals surface area (Å²) in [6.07, 6.45) is 3.52. The molecule has 0 saturated carbocycles. The van der Waals surface area contributed by atoms with Crippen molar-refractivity contribution in [3.8, 4) is 0 Å². The zero-order valence-electron chi connectivity index (χ0n) is 12.0. The number of hydrogen-bond donors (Lipinski definition) is 1. The highest BCUT2D eigenvalue weighted by atomic mass is 16.3. The fourth-order valence-electron chi connectivity index (χ4n) is 3.20. The highest BCUT2D eigenvalue weighted by molar-refractivity contribution is 5.78. The number of aliphatic hydroxyl groups excluding tert-OH is 1. The van der Waals surface area contributed by atoms with E-state index in [0.29, 0.717) is 6.04 Å². The van der Waals surface area contributed by atoms with Crippen molar-refractivity contribution in [3.05, 3.63) is 42.1 Å². The van der Waals surface area contributed by atoms with Crippen molar-refractivity contribution >= 4 is 10.9 Å². The van der Waals surface area contributed by atoms with Crippen molar-refractivity contribution in [2.45, 2.75) is 44.8 Å². The monoisotopic (exact) mass is 270 g/mol. The molecule has 106 valence electrons. The molecule has 1 saturated heterocycles. The van der Waals surface area contributed by atoms with Gasteiger partial charge in [0, 0.05) is 24.0 Å². The van der Waals surface area contributed by atoms with Gasteiger partial charge in [-0.15, -0.1) is 0 Å². The summed E-state index contributed by atoms with van der Waals surface area (Å²) in [5.74, 6) is 0. The summed E-state index contributed by atoms with van der Waals surface area (Å²) in [7, 11) is 0. The zero-order valence-corrected chi connectivity index (χ0v) is 12.0. The van der Waals surface area contributed by atoms with Crippen LogP contribution < -0.4 is 0 Å². The molecule has 2 heterocycles. The maximum atomic E-state index is 9.57. The van der Waals surface area contributed by atoms with Crippen molar-refractivity contribution in [2.75, 3.05) is 6.61 Å². The summed E-state index contributed by atoms with van der Waals surface area (Å²) < 4.78 is 0. The van der Waals surface area contributed by atoms with Crippen LogP contribution in [0.1, 0.15) is 31.9 Å². The number of aliphatic hydroxyl groups is 1. The van der Waals surface area contributed by atoms with E-state index in [9.17, 15) is 5.11 Å². The van der Waals surface area contributed by atoms with Crippen molar-refractivity contribution < 1.29 is 5.11 Å². The summed E-state index contributed by atoms with van der Waals surface area (Å²) in [5, 5.41) is 10.7. The standard InChI is InChI=1S/C17H22N2O/c1-13-5-4-7-16(12-20)19(13)11-15-10-9-14-6-2-3-8-17(14)18-15/h2-3,6,8-10,13,16,20H,4-5,7,11-12H2,1H3. The number of rotatable bonds is 3. The second-order valence-corrected chi connectivity index (χ2v) is 5.78. The van der Waals surface area contributed by atoms with Crippen LogP contribution >= 0.6 is 0 Å². The van der Waals surface area contributed by atoms with E-state index in [4.69, 9.17) is 4.98 Å². The van der Waals surface area contributed by atoms with Crippen LogP contribution in [0, 0.1) is 0 Å². The minimum Gasteiger partial charge on any atom is -0.395 e. The van der Waals surface area contributed by atoms with E-state index in [1.807, 2.05) is 12.1 Å². The Bertz CT molecular complexity index is 584. The quantitative estimate of drug-likeness (QED) is 0.931. The Balaban J connectivity index is 1.83.